The Morgan fingerprint density at radius 1 is 1.44 bits per heavy atom. The molecule has 5 nitrogen and oxygen atoms in total. The summed E-state index contributed by atoms with van der Waals surface area (Å²) in [6.07, 6.45) is 0.889. The molecule has 1 saturated heterocycles. The van der Waals surface area contributed by atoms with E-state index in [9.17, 15) is 4.79 Å². The van der Waals surface area contributed by atoms with Gasteiger partial charge in [-0.3, -0.25) is 0 Å². The molecular formula is C13H27N3O2. The maximum absolute atomic E-state index is 11.8. The van der Waals surface area contributed by atoms with Crippen LogP contribution in [0.25, 0.3) is 0 Å². The molecule has 0 spiro atoms. The number of ether oxygens (including phenoxy) is 1. The highest BCUT2D eigenvalue weighted by atomic mass is 16.5. The van der Waals surface area contributed by atoms with E-state index in [0.717, 1.165) is 19.5 Å². The van der Waals surface area contributed by atoms with Crippen molar-refractivity contribution in [2.45, 2.75) is 45.8 Å². The van der Waals surface area contributed by atoms with E-state index in [0.29, 0.717) is 19.1 Å². The SMILES string of the molecule is CCC1(CNC(=O)NC(C)C(C)C)CNCCO1. The molecule has 1 aliphatic heterocycles. The number of hydrogen-bond acceptors (Lipinski definition) is 3. The number of hydrogen-bond donors (Lipinski definition) is 3. The van der Waals surface area contributed by atoms with Crippen molar-refractivity contribution in [2.75, 3.05) is 26.2 Å². The van der Waals surface area contributed by atoms with E-state index < -0.39 is 0 Å². The lowest BCUT2D eigenvalue weighted by Gasteiger charge is -2.37. The molecule has 0 aromatic heterocycles. The van der Waals surface area contributed by atoms with Crippen LogP contribution in [0, 0.1) is 5.92 Å². The van der Waals surface area contributed by atoms with Crippen LogP contribution in [0.5, 0.6) is 0 Å². The molecule has 0 bridgehead atoms. The monoisotopic (exact) mass is 257 g/mol. The molecule has 2 atom stereocenters. The average Bonchev–Trinajstić information content (AvgIpc) is 2.37. The van der Waals surface area contributed by atoms with Gasteiger partial charge in [-0.25, -0.2) is 4.79 Å². The second-order valence-corrected chi connectivity index (χ2v) is 5.42. The Hall–Kier alpha value is -0.810. The second kappa shape index (κ2) is 6.95. The molecule has 0 aromatic carbocycles. The highest BCUT2D eigenvalue weighted by molar-refractivity contribution is 5.74. The van der Waals surface area contributed by atoms with Crippen LogP contribution in [0.15, 0.2) is 0 Å². The maximum Gasteiger partial charge on any atom is 0.315 e. The largest absolute Gasteiger partial charge is 0.371 e. The van der Waals surface area contributed by atoms with Gasteiger partial charge in [0.2, 0.25) is 0 Å². The Morgan fingerprint density at radius 3 is 2.67 bits per heavy atom. The summed E-state index contributed by atoms with van der Waals surface area (Å²) in [6, 6.07) is 0.0613. The lowest BCUT2D eigenvalue weighted by molar-refractivity contribution is -0.0647. The summed E-state index contributed by atoms with van der Waals surface area (Å²) in [5.41, 5.74) is -0.253. The molecule has 0 aromatic rings. The van der Waals surface area contributed by atoms with Crippen LogP contribution in [0.1, 0.15) is 34.1 Å². The van der Waals surface area contributed by atoms with Crippen molar-refractivity contribution >= 4 is 6.03 Å². The fourth-order valence-electron chi connectivity index (χ4n) is 1.84. The second-order valence-electron chi connectivity index (χ2n) is 5.42. The Morgan fingerprint density at radius 2 is 2.17 bits per heavy atom. The average molecular weight is 257 g/mol. The molecule has 0 radical (unpaired) electrons. The Bertz CT molecular complexity index is 263. The van der Waals surface area contributed by atoms with E-state index in [1.807, 2.05) is 6.92 Å². The molecule has 1 rings (SSSR count). The number of morpholine rings is 1. The van der Waals surface area contributed by atoms with Crippen LogP contribution in [-0.4, -0.2) is 43.9 Å². The zero-order valence-corrected chi connectivity index (χ0v) is 12.0. The molecule has 5 heteroatoms. The fraction of sp³-hybridized carbons (Fsp3) is 0.923. The number of amides is 2. The molecule has 1 heterocycles. The Kier molecular flexibility index (Phi) is 5.88. The first kappa shape index (κ1) is 15.2. The molecule has 0 aliphatic carbocycles. The maximum atomic E-state index is 11.8. The normalized spacial score (nSPS) is 25.8. The van der Waals surface area contributed by atoms with Gasteiger partial charge in [-0.05, 0) is 19.3 Å². The van der Waals surface area contributed by atoms with E-state index in [2.05, 4.69) is 36.7 Å². The minimum absolute atomic E-state index is 0.113. The molecule has 0 saturated carbocycles. The molecule has 3 N–H and O–H groups in total. The molecule has 2 amide bonds. The van der Waals surface area contributed by atoms with Gasteiger partial charge in [0, 0.05) is 25.7 Å². The van der Waals surface area contributed by atoms with Crippen molar-refractivity contribution in [2.24, 2.45) is 5.92 Å². The summed E-state index contributed by atoms with van der Waals surface area (Å²) in [4.78, 5) is 11.8. The van der Waals surface area contributed by atoms with Crippen molar-refractivity contribution in [1.82, 2.24) is 16.0 Å². The summed E-state index contributed by atoms with van der Waals surface area (Å²) in [6.45, 7) is 11.2. The molecule has 1 aliphatic rings. The highest BCUT2D eigenvalue weighted by Crippen LogP contribution is 2.16. The predicted octanol–water partition coefficient (Wildman–Crippen LogP) is 1.10. The van der Waals surface area contributed by atoms with E-state index in [1.165, 1.54) is 0 Å². The number of rotatable bonds is 5. The van der Waals surface area contributed by atoms with Crippen molar-refractivity contribution in [3.8, 4) is 0 Å². The van der Waals surface area contributed by atoms with E-state index in [1.54, 1.807) is 0 Å². The van der Waals surface area contributed by atoms with Crippen LogP contribution in [0.3, 0.4) is 0 Å². The van der Waals surface area contributed by atoms with Crippen molar-refractivity contribution < 1.29 is 9.53 Å². The molecule has 18 heavy (non-hydrogen) atoms. The zero-order chi connectivity index (χ0) is 13.6. The third-order valence-electron chi connectivity index (χ3n) is 3.71. The van der Waals surface area contributed by atoms with Gasteiger partial charge in [0.25, 0.3) is 0 Å². The van der Waals surface area contributed by atoms with Crippen LogP contribution in [0.2, 0.25) is 0 Å². The van der Waals surface area contributed by atoms with E-state index in [4.69, 9.17) is 4.74 Å². The van der Waals surface area contributed by atoms with Gasteiger partial charge in [0.1, 0.15) is 0 Å². The molecular weight excluding hydrogens is 230 g/mol. The number of carbonyl (C=O) groups excluding carboxylic acids is 1. The van der Waals surface area contributed by atoms with Gasteiger partial charge < -0.3 is 20.7 Å². The van der Waals surface area contributed by atoms with Gasteiger partial charge in [-0.15, -0.1) is 0 Å². The highest BCUT2D eigenvalue weighted by Gasteiger charge is 2.31. The third kappa shape index (κ3) is 4.46. The van der Waals surface area contributed by atoms with Gasteiger partial charge >= 0.3 is 6.03 Å². The Labute approximate surface area is 110 Å². The van der Waals surface area contributed by atoms with E-state index in [-0.39, 0.29) is 17.7 Å². The summed E-state index contributed by atoms with van der Waals surface area (Å²) in [5, 5.41) is 9.16. The Balaban J connectivity index is 2.36. The van der Waals surface area contributed by atoms with Gasteiger partial charge in [-0.1, -0.05) is 20.8 Å². The lowest BCUT2D eigenvalue weighted by atomic mass is 9.99. The van der Waals surface area contributed by atoms with Crippen molar-refractivity contribution in [3.05, 3.63) is 0 Å². The number of urea groups is 1. The van der Waals surface area contributed by atoms with Crippen LogP contribution in [-0.2, 0) is 4.74 Å². The topological polar surface area (TPSA) is 62.4 Å². The van der Waals surface area contributed by atoms with Crippen LogP contribution in [0.4, 0.5) is 4.79 Å². The molecule has 106 valence electrons. The first-order valence-electron chi connectivity index (χ1n) is 6.88. The van der Waals surface area contributed by atoms with Crippen molar-refractivity contribution in [1.29, 1.82) is 0 Å². The van der Waals surface area contributed by atoms with Crippen LogP contribution >= 0.6 is 0 Å². The van der Waals surface area contributed by atoms with Crippen molar-refractivity contribution in [3.63, 3.8) is 0 Å². The van der Waals surface area contributed by atoms with Gasteiger partial charge in [0.05, 0.1) is 12.2 Å². The van der Waals surface area contributed by atoms with Gasteiger partial charge in [-0.2, -0.15) is 0 Å². The summed E-state index contributed by atoms with van der Waals surface area (Å²) >= 11 is 0. The predicted molar refractivity (Wildman–Crippen MR) is 72.7 cm³/mol. The third-order valence-corrected chi connectivity index (χ3v) is 3.71. The molecule has 1 fully saturated rings. The first-order chi connectivity index (χ1) is 8.49. The quantitative estimate of drug-likeness (QED) is 0.691. The number of carbonyl (C=O) groups is 1. The smallest absolute Gasteiger partial charge is 0.315 e. The summed E-state index contributed by atoms with van der Waals surface area (Å²) in [7, 11) is 0. The van der Waals surface area contributed by atoms with Gasteiger partial charge in [0.15, 0.2) is 0 Å². The lowest BCUT2D eigenvalue weighted by Crippen LogP contribution is -2.57. The van der Waals surface area contributed by atoms with Crippen LogP contribution < -0.4 is 16.0 Å². The molecule has 2 unspecified atom stereocenters. The minimum atomic E-state index is -0.253. The number of nitrogens with one attached hydrogen (secondary N) is 3. The fourth-order valence-corrected chi connectivity index (χ4v) is 1.84. The van der Waals surface area contributed by atoms with E-state index >= 15 is 0 Å². The standard InChI is InChI=1S/C13H27N3O2/c1-5-13(8-14-6-7-18-13)9-15-12(17)16-11(4)10(2)3/h10-11,14H,5-9H2,1-4H3,(H2,15,16,17). The first-order valence-corrected chi connectivity index (χ1v) is 6.88. The summed E-state index contributed by atoms with van der Waals surface area (Å²) in [5.74, 6) is 0.434. The zero-order valence-electron chi connectivity index (χ0n) is 12.0. The summed E-state index contributed by atoms with van der Waals surface area (Å²) < 4.78 is 5.81. The minimum Gasteiger partial charge on any atom is -0.371 e.